The predicted molar refractivity (Wildman–Crippen MR) is 78.6 cm³/mol. The van der Waals surface area contributed by atoms with Crippen LogP contribution in [0.1, 0.15) is 26.3 Å². The van der Waals surface area contributed by atoms with Crippen molar-refractivity contribution in [1.29, 1.82) is 0 Å². The van der Waals surface area contributed by atoms with E-state index in [0.29, 0.717) is 5.75 Å². The second-order valence-corrected chi connectivity index (χ2v) is 5.64. The summed E-state index contributed by atoms with van der Waals surface area (Å²) in [5, 5.41) is 11.6. The Morgan fingerprint density at radius 1 is 1.23 bits per heavy atom. The van der Waals surface area contributed by atoms with Crippen LogP contribution in [-0.4, -0.2) is 35.9 Å². The maximum atomic E-state index is 11.7. The van der Waals surface area contributed by atoms with E-state index < -0.39 is 23.7 Å². The van der Waals surface area contributed by atoms with E-state index >= 15 is 0 Å². The summed E-state index contributed by atoms with van der Waals surface area (Å²) < 4.78 is 5.06. The number of aliphatic carboxylic acids is 1. The molecule has 0 aromatic heterocycles. The molecule has 22 heavy (non-hydrogen) atoms. The molecule has 1 aromatic rings. The molecule has 122 valence electrons. The summed E-state index contributed by atoms with van der Waals surface area (Å²) >= 11 is 0. The largest absolute Gasteiger partial charge is 0.480 e. The minimum atomic E-state index is -1.14. The molecule has 0 aliphatic rings. The van der Waals surface area contributed by atoms with Crippen molar-refractivity contribution < 1.29 is 29.2 Å². The Morgan fingerprint density at radius 3 is 2.27 bits per heavy atom. The third-order valence-electron chi connectivity index (χ3n) is 2.53. The van der Waals surface area contributed by atoms with Gasteiger partial charge in [-0.15, -0.1) is 0 Å². The van der Waals surface area contributed by atoms with Crippen LogP contribution in [0, 0.1) is 0 Å². The number of amides is 1. The lowest BCUT2D eigenvalue weighted by Crippen LogP contribution is -2.44. The number of alkyl carbamates (subject to hydrolysis) is 1. The number of carbonyl (C=O) groups excluding carboxylic acids is 1. The van der Waals surface area contributed by atoms with Crippen LogP contribution in [0.2, 0.25) is 0 Å². The van der Waals surface area contributed by atoms with Crippen LogP contribution in [0.4, 0.5) is 4.79 Å². The molecular weight excluding hydrogens is 290 g/mol. The number of benzene rings is 1. The van der Waals surface area contributed by atoms with Gasteiger partial charge in [0, 0.05) is 6.42 Å². The predicted octanol–water partition coefficient (Wildman–Crippen LogP) is 2.15. The molecule has 0 aliphatic carbocycles. The molecule has 7 heteroatoms. The van der Waals surface area contributed by atoms with E-state index in [9.17, 15) is 14.7 Å². The third-order valence-corrected chi connectivity index (χ3v) is 2.53. The normalized spacial score (nSPS) is 12.4. The van der Waals surface area contributed by atoms with Crippen LogP contribution in [0.25, 0.3) is 0 Å². The first-order valence-electron chi connectivity index (χ1n) is 6.73. The fourth-order valence-electron chi connectivity index (χ4n) is 1.66. The van der Waals surface area contributed by atoms with E-state index in [1.54, 1.807) is 45.0 Å². The van der Waals surface area contributed by atoms with E-state index in [4.69, 9.17) is 9.62 Å². The first-order valence-corrected chi connectivity index (χ1v) is 6.73. The molecular formula is C15H21NO6. The average molecular weight is 311 g/mol. The standard InChI is InChI=1S/C15H21NO6/c1-15(2,3)21-14(19)16-12(13(17)18)9-10-5-7-11(8-6-10)22-20-4/h5-8,12H,9H2,1-4H3,(H,16,19)(H,17,18)/t12-/m0/s1. The molecule has 1 rings (SSSR count). The van der Waals surface area contributed by atoms with Crippen LogP contribution in [0.3, 0.4) is 0 Å². The minimum Gasteiger partial charge on any atom is -0.480 e. The Labute approximate surface area is 129 Å². The lowest BCUT2D eigenvalue weighted by molar-refractivity contribution is -0.178. The van der Waals surface area contributed by atoms with Gasteiger partial charge in [-0.3, -0.25) is 0 Å². The lowest BCUT2D eigenvalue weighted by Gasteiger charge is -2.22. The van der Waals surface area contributed by atoms with E-state index in [-0.39, 0.29) is 6.42 Å². The Hall–Kier alpha value is -2.28. The molecule has 0 unspecified atom stereocenters. The smallest absolute Gasteiger partial charge is 0.408 e. The number of carboxylic acids is 1. The van der Waals surface area contributed by atoms with Gasteiger partial charge in [-0.05, 0) is 38.5 Å². The van der Waals surface area contributed by atoms with Crippen molar-refractivity contribution >= 4 is 12.1 Å². The van der Waals surface area contributed by atoms with Crippen LogP contribution >= 0.6 is 0 Å². The number of hydrogen-bond donors (Lipinski definition) is 2. The zero-order chi connectivity index (χ0) is 16.8. The summed E-state index contributed by atoms with van der Waals surface area (Å²) in [5.74, 6) is -0.638. The maximum absolute atomic E-state index is 11.7. The average Bonchev–Trinajstić information content (AvgIpc) is 2.38. The molecule has 1 atom stereocenters. The number of hydrogen-bond acceptors (Lipinski definition) is 5. The van der Waals surface area contributed by atoms with Crippen LogP contribution in [-0.2, 0) is 20.8 Å². The van der Waals surface area contributed by atoms with Crippen LogP contribution < -0.4 is 10.2 Å². The molecule has 0 spiro atoms. The van der Waals surface area contributed by atoms with Gasteiger partial charge in [-0.25, -0.2) is 9.59 Å². The summed E-state index contributed by atoms with van der Waals surface area (Å²) in [6.07, 6.45) is -0.638. The zero-order valence-electron chi connectivity index (χ0n) is 13.1. The van der Waals surface area contributed by atoms with Crippen molar-refractivity contribution in [2.75, 3.05) is 7.11 Å². The number of rotatable bonds is 6. The van der Waals surface area contributed by atoms with Crippen LogP contribution in [0.5, 0.6) is 5.75 Å². The first-order chi connectivity index (χ1) is 10.2. The summed E-state index contributed by atoms with van der Waals surface area (Å²) in [5.41, 5.74) is 0.0404. The van der Waals surface area contributed by atoms with Crippen molar-refractivity contribution in [2.45, 2.75) is 38.8 Å². The second kappa shape index (κ2) is 7.65. The molecule has 0 saturated heterocycles. The molecule has 0 radical (unpaired) electrons. The summed E-state index contributed by atoms with van der Waals surface area (Å²) in [4.78, 5) is 32.3. The van der Waals surface area contributed by atoms with Gasteiger partial charge >= 0.3 is 12.1 Å². The van der Waals surface area contributed by atoms with E-state index in [0.717, 1.165) is 5.56 Å². The molecule has 0 heterocycles. The van der Waals surface area contributed by atoms with E-state index in [1.165, 1.54) is 7.11 Å². The van der Waals surface area contributed by atoms with Gasteiger partial charge in [0.25, 0.3) is 0 Å². The van der Waals surface area contributed by atoms with Crippen molar-refractivity contribution in [1.82, 2.24) is 5.32 Å². The summed E-state index contributed by atoms with van der Waals surface area (Å²) in [7, 11) is 1.39. The van der Waals surface area contributed by atoms with Gasteiger partial charge in [0.1, 0.15) is 11.6 Å². The van der Waals surface area contributed by atoms with Gasteiger partial charge < -0.3 is 20.0 Å². The van der Waals surface area contributed by atoms with Crippen molar-refractivity contribution in [3.8, 4) is 5.75 Å². The van der Waals surface area contributed by atoms with Gasteiger partial charge in [0.2, 0.25) is 0 Å². The Bertz CT molecular complexity index is 506. The van der Waals surface area contributed by atoms with Gasteiger partial charge in [0.05, 0.1) is 7.11 Å². The van der Waals surface area contributed by atoms with Gasteiger partial charge in [-0.1, -0.05) is 12.1 Å². The van der Waals surface area contributed by atoms with E-state index in [2.05, 4.69) is 10.2 Å². The molecule has 1 amide bonds. The summed E-state index contributed by atoms with van der Waals surface area (Å²) in [6.45, 7) is 5.12. The SMILES string of the molecule is COOc1ccc(C[C@H](NC(=O)OC(C)(C)C)C(=O)O)cc1. The molecule has 7 nitrogen and oxygen atoms in total. The molecule has 1 aromatic carbocycles. The van der Waals surface area contributed by atoms with Crippen molar-refractivity contribution in [2.24, 2.45) is 0 Å². The Balaban J connectivity index is 2.68. The highest BCUT2D eigenvalue weighted by Gasteiger charge is 2.24. The zero-order valence-corrected chi connectivity index (χ0v) is 13.1. The highest BCUT2D eigenvalue weighted by Crippen LogP contribution is 2.14. The fourth-order valence-corrected chi connectivity index (χ4v) is 1.66. The third kappa shape index (κ3) is 6.45. The molecule has 0 fully saturated rings. The van der Waals surface area contributed by atoms with Crippen molar-refractivity contribution in [3.63, 3.8) is 0 Å². The minimum absolute atomic E-state index is 0.127. The molecule has 0 saturated carbocycles. The molecule has 2 N–H and O–H groups in total. The monoisotopic (exact) mass is 311 g/mol. The number of carboxylic acid groups (broad SMARTS) is 1. The highest BCUT2D eigenvalue weighted by atomic mass is 17.2. The second-order valence-electron chi connectivity index (χ2n) is 5.64. The van der Waals surface area contributed by atoms with Gasteiger partial charge in [-0.2, -0.15) is 4.89 Å². The fraction of sp³-hybridized carbons (Fsp3) is 0.467. The first kappa shape index (κ1) is 17.8. The van der Waals surface area contributed by atoms with E-state index in [1.807, 2.05) is 0 Å². The Morgan fingerprint density at radius 2 is 1.82 bits per heavy atom. The maximum Gasteiger partial charge on any atom is 0.408 e. The highest BCUT2D eigenvalue weighted by molar-refractivity contribution is 5.80. The quantitative estimate of drug-likeness (QED) is 0.617. The molecule has 0 aliphatic heterocycles. The number of ether oxygens (including phenoxy) is 1. The summed E-state index contributed by atoms with van der Waals surface area (Å²) in [6, 6.07) is 5.60. The number of nitrogens with one attached hydrogen (secondary N) is 1. The number of carbonyl (C=O) groups is 2. The topological polar surface area (TPSA) is 94.1 Å². The van der Waals surface area contributed by atoms with Crippen LogP contribution in [0.15, 0.2) is 24.3 Å². The Kier molecular flexibility index (Phi) is 6.18. The molecule has 0 bridgehead atoms. The van der Waals surface area contributed by atoms with Gasteiger partial charge in [0.15, 0.2) is 5.75 Å². The lowest BCUT2D eigenvalue weighted by atomic mass is 10.1. The van der Waals surface area contributed by atoms with Crippen molar-refractivity contribution in [3.05, 3.63) is 29.8 Å².